The highest BCUT2D eigenvalue weighted by molar-refractivity contribution is 5.77. The summed E-state index contributed by atoms with van der Waals surface area (Å²) in [6.45, 7) is 9.09. The number of amides is 1. The Balaban J connectivity index is 1.02. The smallest absolute Gasteiger partial charge is 0.407 e. The highest BCUT2D eigenvalue weighted by Gasteiger charge is 2.15. The largest absolute Gasteiger partial charge is 0.490 e. The lowest BCUT2D eigenvalue weighted by Crippen LogP contribution is -2.34. The van der Waals surface area contributed by atoms with Gasteiger partial charge in [0.25, 0.3) is 0 Å². The molecule has 0 saturated carbocycles. The van der Waals surface area contributed by atoms with Gasteiger partial charge in [-0.3, -0.25) is 9.97 Å². The minimum absolute atomic E-state index is 0.302. The second kappa shape index (κ2) is 16.4. The summed E-state index contributed by atoms with van der Waals surface area (Å²) < 4.78 is 38.9. The first-order chi connectivity index (χ1) is 20.9. The van der Waals surface area contributed by atoms with Gasteiger partial charge in [0, 0.05) is 25.0 Å². The summed E-state index contributed by atoms with van der Waals surface area (Å²) in [5, 5.41) is 2.63. The Labute approximate surface area is 250 Å². The van der Waals surface area contributed by atoms with Gasteiger partial charge >= 0.3 is 6.09 Å². The Bertz CT molecular complexity index is 1390. The Morgan fingerprint density at radius 1 is 0.860 bits per heavy atom. The van der Waals surface area contributed by atoms with E-state index in [1.54, 1.807) is 18.6 Å². The van der Waals surface area contributed by atoms with Gasteiger partial charge in [-0.1, -0.05) is 0 Å². The van der Waals surface area contributed by atoms with Crippen molar-refractivity contribution in [2.24, 2.45) is 0 Å². The average Bonchev–Trinajstić information content (AvgIpc) is 3.42. The molecule has 1 amide bonds. The lowest BCUT2D eigenvalue weighted by molar-refractivity contribution is 0.00902. The van der Waals surface area contributed by atoms with Gasteiger partial charge in [0.1, 0.15) is 35.8 Å². The minimum Gasteiger partial charge on any atom is -0.490 e. The molecule has 0 bridgehead atoms. The standard InChI is InChI=1S/C31H38N4O8/c1-31(2,3)43-30(36)33-11-12-37-13-14-38-15-16-39-17-18-40-26-7-6-24(34-21-26)22-41-25-8-9-28-27(19-25)35-29(42-28)23-5-4-10-32-20-23/h4-10,19-21H,11-18,22H2,1-3H3,(H,33,36). The van der Waals surface area contributed by atoms with Gasteiger partial charge in [0.05, 0.1) is 57.1 Å². The predicted molar refractivity (Wildman–Crippen MR) is 158 cm³/mol. The van der Waals surface area contributed by atoms with Gasteiger partial charge in [-0.2, -0.15) is 0 Å². The number of fused-ring (bicyclic) bond motifs is 1. The molecule has 12 nitrogen and oxygen atoms in total. The van der Waals surface area contributed by atoms with E-state index in [1.165, 1.54) is 0 Å². The molecule has 3 heterocycles. The van der Waals surface area contributed by atoms with Crippen molar-refractivity contribution in [2.75, 3.05) is 52.8 Å². The summed E-state index contributed by atoms with van der Waals surface area (Å²) in [6, 6.07) is 13.0. The van der Waals surface area contributed by atoms with Gasteiger partial charge in [-0.05, 0) is 57.2 Å². The van der Waals surface area contributed by atoms with Crippen molar-refractivity contribution in [2.45, 2.75) is 33.0 Å². The van der Waals surface area contributed by atoms with Crippen LogP contribution in [0.25, 0.3) is 22.6 Å². The van der Waals surface area contributed by atoms with E-state index in [1.807, 2.05) is 63.2 Å². The minimum atomic E-state index is -0.517. The Kier molecular flexibility index (Phi) is 12.1. The third-order valence-electron chi connectivity index (χ3n) is 5.61. The Morgan fingerprint density at radius 3 is 2.30 bits per heavy atom. The number of aromatic nitrogens is 3. The van der Waals surface area contributed by atoms with Crippen molar-refractivity contribution >= 4 is 17.2 Å². The number of hydrogen-bond donors (Lipinski definition) is 1. The van der Waals surface area contributed by atoms with E-state index in [9.17, 15) is 4.79 Å². The molecule has 0 atom stereocenters. The van der Waals surface area contributed by atoms with Gasteiger partial charge < -0.3 is 38.2 Å². The number of pyridine rings is 2. The van der Waals surface area contributed by atoms with Crippen molar-refractivity contribution in [3.05, 3.63) is 66.7 Å². The molecule has 0 saturated heterocycles. The number of ether oxygens (including phenoxy) is 6. The van der Waals surface area contributed by atoms with Crippen LogP contribution in [0.1, 0.15) is 26.5 Å². The number of carbonyl (C=O) groups excluding carboxylic acids is 1. The van der Waals surface area contributed by atoms with Crippen LogP contribution in [0.4, 0.5) is 4.79 Å². The van der Waals surface area contributed by atoms with Gasteiger partial charge in [-0.15, -0.1) is 0 Å². The van der Waals surface area contributed by atoms with Crippen LogP contribution in [0, 0.1) is 0 Å². The van der Waals surface area contributed by atoms with E-state index < -0.39 is 11.7 Å². The molecule has 43 heavy (non-hydrogen) atoms. The molecule has 0 unspecified atom stereocenters. The number of carbonyl (C=O) groups is 1. The summed E-state index contributed by atoms with van der Waals surface area (Å²) >= 11 is 0. The molecule has 1 aromatic carbocycles. The topological polar surface area (TPSA) is 136 Å². The molecule has 0 spiro atoms. The zero-order valence-corrected chi connectivity index (χ0v) is 24.7. The first-order valence-electron chi connectivity index (χ1n) is 14.1. The first-order valence-corrected chi connectivity index (χ1v) is 14.1. The summed E-state index contributed by atoms with van der Waals surface area (Å²) in [5.74, 6) is 1.83. The van der Waals surface area contributed by atoms with Crippen LogP contribution in [0.2, 0.25) is 0 Å². The van der Waals surface area contributed by atoms with Crippen molar-refractivity contribution in [3.8, 4) is 23.0 Å². The molecular weight excluding hydrogens is 556 g/mol. The number of alkyl carbamates (subject to hydrolysis) is 1. The summed E-state index contributed by atoms with van der Waals surface area (Å²) in [6.07, 6.45) is 4.62. The van der Waals surface area contributed by atoms with Gasteiger partial charge in [0.15, 0.2) is 5.58 Å². The van der Waals surface area contributed by atoms with Gasteiger partial charge in [0.2, 0.25) is 5.89 Å². The van der Waals surface area contributed by atoms with Crippen LogP contribution in [0.5, 0.6) is 11.5 Å². The van der Waals surface area contributed by atoms with E-state index in [0.29, 0.717) is 87.9 Å². The number of rotatable bonds is 17. The van der Waals surface area contributed by atoms with Crippen LogP contribution in [-0.2, 0) is 25.6 Å². The fraction of sp³-hybridized carbons (Fsp3) is 0.419. The molecule has 0 aliphatic carbocycles. The van der Waals surface area contributed by atoms with E-state index in [0.717, 1.165) is 11.3 Å². The lowest BCUT2D eigenvalue weighted by Gasteiger charge is -2.19. The molecular formula is C31H38N4O8. The third kappa shape index (κ3) is 11.5. The van der Waals surface area contributed by atoms with Gasteiger partial charge in [-0.25, -0.2) is 9.78 Å². The van der Waals surface area contributed by atoms with Crippen molar-refractivity contribution in [3.63, 3.8) is 0 Å². The van der Waals surface area contributed by atoms with Crippen LogP contribution in [-0.4, -0.2) is 79.4 Å². The zero-order valence-electron chi connectivity index (χ0n) is 24.7. The van der Waals surface area contributed by atoms with Crippen LogP contribution < -0.4 is 14.8 Å². The third-order valence-corrected chi connectivity index (χ3v) is 5.61. The molecule has 12 heteroatoms. The monoisotopic (exact) mass is 594 g/mol. The van der Waals surface area contributed by atoms with Crippen LogP contribution in [0.15, 0.2) is 65.5 Å². The molecule has 4 aromatic rings. The van der Waals surface area contributed by atoms with E-state index in [-0.39, 0.29) is 0 Å². The average molecular weight is 595 g/mol. The lowest BCUT2D eigenvalue weighted by atomic mass is 10.2. The van der Waals surface area contributed by atoms with Crippen molar-refractivity contribution < 1.29 is 37.6 Å². The number of benzene rings is 1. The second-order valence-corrected chi connectivity index (χ2v) is 10.3. The van der Waals surface area contributed by atoms with E-state index in [2.05, 4.69) is 20.3 Å². The maximum absolute atomic E-state index is 11.5. The molecule has 0 aliphatic rings. The molecule has 0 fully saturated rings. The molecule has 0 radical (unpaired) electrons. The fourth-order valence-corrected chi connectivity index (χ4v) is 3.65. The quantitative estimate of drug-likeness (QED) is 0.169. The van der Waals surface area contributed by atoms with Crippen molar-refractivity contribution in [1.82, 2.24) is 20.3 Å². The molecule has 3 aromatic heterocycles. The number of nitrogens with one attached hydrogen (secondary N) is 1. The van der Waals surface area contributed by atoms with Crippen LogP contribution in [0.3, 0.4) is 0 Å². The first kappa shape index (κ1) is 31.7. The second-order valence-electron chi connectivity index (χ2n) is 10.3. The number of hydrogen-bond acceptors (Lipinski definition) is 11. The van der Waals surface area contributed by atoms with E-state index in [4.69, 9.17) is 32.8 Å². The summed E-state index contributed by atoms with van der Waals surface area (Å²) in [7, 11) is 0. The maximum atomic E-state index is 11.5. The number of nitrogens with zero attached hydrogens (tertiary/aromatic N) is 3. The maximum Gasteiger partial charge on any atom is 0.407 e. The zero-order chi connectivity index (χ0) is 30.3. The molecule has 0 aliphatic heterocycles. The van der Waals surface area contributed by atoms with Crippen molar-refractivity contribution in [1.29, 1.82) is 0 Å². The Hall–Kier alpha value is -4.26. The molecule has 230 valence electrons. The normalized spacial score (nSPS) is 11.4. The highest BCUT2D eigenvalue weighted by atomic mass is 16.6. The molecule has 4 rings (SSSR count). The highest BCUT2D eigenvalue weighted by Crippen LogP contribution is 2.27. The van der Waals surface area contributed by atoms with E-state index >= 15 is 0 Å². The fourth-order valence-electron chi connectivity index (χ4n) is 3.65. The number of oxazole rings is 1. The summed E-state index contributed by atoms with van der Waals surface area (Å²) in [5.41, 5.74) is 2.44. The predicted octanol–water partition coefficient (Wildman–Crippen LogP) is 4.82. The van der Waals surface area contributed by atoms with Crippen LogP contribution >= 0.6 is 0 Å². The Morgan fingerprint density at radius 2 is 1.60 bits per heavy atom. The SMILES string of the molecule is CC(C)(C)OC(=O)NCCOCCOCCOCCOc1ccc(COc2ccc3oc(-c4cccnc4)nc3c2)nc1. The molecule has 1 N–H and O–H groups in total. The summed E-state index contributed by atoms with van der Waals surface area (Å²) in [4.78, 5) is 24.6.